The molecule has 0 N–H and O–H groups in total. The third-order valence-electron chi connectivity index (χ3n) is 3.83. The molecule has 0 amide bonds. The molecule has 1 atom stereocenters. The van der Waals surface area contributed by atoms with E-state index in [4.69, 9.17) is 5.26 Å². The Morgan fingerprint density at radius 1 is 1.35 bits per heavy atom. The van der Waals surface area contributed by atoms with E-state index < -0.39 is 0 Å². The molecule has 0 saturated carbocycles. The van der Waals surface area contributed by atoms with Crippen molar-refractivity contribution in [3.05, 3.63) is 22.7 Å². The molecule has 6 heteroatoms. The first-order valence-corrected chi connectivity index (χ1v) is 7.15. The monoisotopic (exact) mass is 275 g/mol. The largest absolute Gasteiger partial charge is 0.349 e. The number of anilines is 1. The van der Waals surface area contributed by atoms with Crippen molar-refractivity contribution in [1.82, 2.24) is 14.5 Å². The van der Waals surface area contributed by atoms with Gasteiger partial charge in [0.2, 0.25) is 0 Å². The van der Waals surface area contributed by atoms with E-state index in [1.807, 2.05) is 18.7 Å². The maximum atomic E-state index is 12.2. The maximum absolute atomic E-state index is 12.2. The first-order chi connectivity index (χ1) is 9.71. The highest BCUT2D eigenvalue weighted by Gasteiger charge is 2.24. The summed E-state index contributed by atoms with van der Waals surface area (Å²) in [5.41, 5.74) is -0.0317. The highest BCUT2D eigenvalue weighted by molar-refractivity contribution is 5.36. The number of rotatable bonds is 4. The molecule has 1 aromatic rings. The SMILES string of the molecule is CCC(C#N)N1CCN(c2nccn(CC)c2=O)CC1. The number of hydrogen-bond donors (Lipinski definition) is 0. The Morgan fingerprint density at radius 3 is 2.60 bits per heavy atom. The van der Waals surface area contributed by atoms with Gasteiger partial charge in [-0.1, -0.05) is 6.92 Å². The second-order valence-corrected chi connectivity index (χ2v) is 4.92. The van der Waals surface area contributed by atoms with Crippen LogP contribution in [0.2, 0.25) is 0 Å². The summed E-state index contributed by atoms with van der Waals surface area (Å²) in [6.07, 6.45) is 4.23. The van der Waals surface area contributed by atoms with E-state index in [1.54, 1.807) is 17.0 Å². The fourth-order valence-electron chi connectivity index (χ4n) is 2.58. The molecule has 1 unspecified atom stereocenters. The van der Waals surface area contributed by atoms with Gasteiger partial charge in [-0.2, -0.15) is 5.26 Å². The van der Waals surface area contributed by atoms with E-state index in [9.17, 15) is 4.79 Å². The van der Waals surface area contributed by atoms with Crippen molar-refractivity contribution in [2.45, 2.75) is 32.9 Å². The smallest absolute Gasteiger partial charge is 0.293 e. The molecule has 1 fully saturated rings. The first kappa shape index (κ1) is 14.5. The minimum atomic E-state index is -0.0317. The molecule has 0 bridgehead atoms. The molecule has 20 heavy (non-hydrogen) atoms. The Morgan fingerprint density at radius 2 is 2.05 bits per heavy atom. The fraction of sp³-hybridized carbons (Fsp3) is 0.643. The second-order valence-electron chi connectivity index (χ2n) is 4.92. The highest BCUT2D eigenvalue weighted by atomic mass is 16.1. The molecule has 0 radical (unpaired) electrons. The number of aryl methyl sites for hydroxylation is 1. The zero-order chi connectivity index (χ0) is 14.5. The van der Waals surface area contributed by atoms with E-state index in [1.165, 1.54) is 0 Å². The van der Waals surface area contributed by atoms with Crippen molar-refractivity contribution >= 4 is 5.82 Å². The van der Waals surface area contributed by atoms with Crippen LogP contribution in [0.25, 0.3) is 0 Å². The van der Waals surface area contributed by atoms with E-state index in [0.717, 1.165) is 32.6 Å². The Bertz CT molecular complexity index is 539. The number of aromatic nitrogens is 2. The molecule has 2 rings (SSSR count). The van der Waals surface area contributed by atoms with Crippen LogP contribution >= 0.6 is 0 Å². The molecular weight excluding hydrogens is 254 g/mol. The average Bonchev–Trinajstić information content (AvgIpc) is 2.50. The van der Waals surface area contributed by atoms with Gasteiger partial charge in [0, 0.05) is 45.1 Å². The normalized spacial score (nSPS) is 17.8. The Balaban J connectivity index is 2.08. The lowest BCUT2D eigenvalue weighted by Gasteiger charge is -2.36. The molecule has 0 aromatic carbocycles. The van der Waals surface area contributed by atoms with Crippen molar-refractivity contribution in [2.24, 2.45) is 0 Å². The van der Waals surface area contributed by atoms with Gasteiger partial charge in [0.15, 0.2) is 5.82 Å². The lowest BCUT2D eigenvalue weighted by Crippen LogP contribution is -2.51. The standard InChI is InChI=1S/C14H21N5O/c1-3-12(11-15)18-7-9-19(10-8-18)13-14(20)17(4-2)6-5-16-13/h5-6,12H,3-4,7-10H2,1-2H3. The quantitative estimate of drug-likeness (QED) is 0.809. The summed E-state index contributed by atoms with van der Waals surface area (Å²) in [5, 5.41) is 9.10. The van der Waals surface area contributed by atoms with Gasteiger partial charge in [-0.15, -0.1) is 0 Å². The van der Waals surface area contributed by atoms with Crippen molar-refractivity contribution in [2.75, 3.05) is 31.1 Å². The molecule has 0 spiro atoms. The molecule has 1 saturated heterocycles. The molecule has 0 aliphatic carbocycles. The van der Waals surface area contributed by atoms with Gasteiger partial charge in [0.05, 0.1) is 12.1 Å². The Hall–Kier alpha value is -1.87. The summed E-state index contributed by atoms with van der Waals surface area (Å²) in [6.45, 7) is 7.71. The summed E-state index contributed by atoms with van der Waals surface area (Å²) in [4.78, 5) is 20.7. The molecule has 1 aliphatic rings. The third kappa shape index (κ3) is 2.83. The zero-order valence-electron chi connectivity index (χ0n) is 12.1. The molecule has 108 valence electrons. The van der Waals surface area contributed by atoms with Crippen LogP contribution in [0.3, 0.4) is 0 Å². The van der Waals surface area contributed by atoms with Crippen LogP contribution in [-0.4, -0.2) is 46.7 Å². The first-order valence-electron chi connectivity index (χ1n) is 7.15. The fourth-order valence-corrected chi connectivity index (χ4v) is 2.58. The van der Waals surface area contributed by atoms with Crippen LogP contribution < -0.4 is 10.5 Å². The van der Waals surface area contributed by atoms with E-state index in [0.29, 0.717) is 12.4 Å². The van der Waals surface area contributed by atoms with Crippen LogP contribution in [0.5, 0.6) is 0 Å². The Labute approximate surface area is 119 Å². The number of nitriles is 1. The molecule has 1 aliphatic heterocycles. The van der Waals surface area contributed by atoms with Gasteiger partial charge in [0.25, 0.3) is 5.56 Å². The number of nitrogens with zero attached hydrogens (tertiary/aromatic N) is 5. The van der Waals surface area contributed by atoms with Crippen molar-refractivity contribution in [3.8, 4) is 6.07 Å². The summed E-state index contributed by atoms with van der Waals surface area (Å²) in [6, 6.07) is 2.31. The summed E-state index contributed by atoms with van der Waals surface area (Å²) in [5.74, 6) is 0.527. The predicted molar refractivity (Wildman–Crippen MR) is 77.6 cm³/mol. The van der Waals surface area contributed by atoms with E-state index in [2.05, 4.69) is 16.0 Å². The molecular formula is C14H21N5O. The number of piperazine rings is 1. The van der Waals surface area contributed by atoms with E-state index in [-0.39, 0.29) is 11.6 Å². The Kier molecular flexibility index (Phi) is 4.74. The van der Waals surface area contributed by atoms with Crippen LogP contribution in [-0.2, 0) is 6.54 Å². The van der Waals surface area contributed by atoms with Gasteiger partial charge in [-0.3, -0.25) is 9.69 Å². The van der Waals surface area contributed by atoms with Gasteiger partial charge >= 0.3 is 0 Å². The molecule has 6 nitrogen and oxygen atoms in total. The minimum absolute atomic E-state index is 0.0202. The lowest BCUT2D eigenvalue weighted by atomic mass is 10.2. The molecule has 2 heterocycles. The summed E-state index contributed by atoms with van der Waals surface area (Å²) < 4.78 is 1.67. The van der Waals surface area contributed by atoms with Crippen molar-refractivity contribution in [3.63, 3.8) is 0 Å². The van der Waals surface area contributed by atoms with Gasteiger partial charge in [0.1, 0.15) is 0 Å². The maximum Gasteiger partial charge on any atom is 0.293 e. The van der Waals surface area contributed by atoms with Crippen LogP contribution in [0, 0.1) is 11.3 Å². The number of hydrogen-bond acceptors (Lipinski definition) is 5. The average molecular weight is 275 g/mol. The van der Waals surface area contributed by atoms with E-state index >= 15 is 0 Å². The summed E-state index contributed by atoms with van der Waals surface area (Å²) in [7, 11) is 0. The second kappa shape index (κ2) is 6.53. The topological polar surface area (TPSA) is 65.2 Å². The predicted octanol–water partition coefficient (Wildman–Crippen LogP) is 0.687. The molecule has 1 aromatic heterocycles. The summed E-state index contributed by atoms with van der Waals surface area (Å²) >= 11 is 0. The van der Waals surface area contributed by atoms with Crippen LogP contribution in [0.1, 0.15) is 20.3 Å². The highest BCUT2D eigenvalue weighted by Crippen LogP contribution is 2.12. The minimum Gasteiger partial charge on any atom is -0.349 e. The van der Waals surface area contributed by atoms with Gasteiger partial charge in [-0.05, 0) is 13.3 Å². The van der Waals surface area contributed by atoms with Gasteiger partial charge in [-0.25, -0.2) is 4.98 Å². The lowest BCUT2D eigenvalue weighted by molar-refractivity contribution is 0.215. The zero-order valence-corrected chi connectivity index (χ0v) is 12.1. The van der Waals surface area contributed by atoms with Crippen LogP contribution in [0.15, 0.2) is 17.2 Å². The van der Waals surface area contributed by atoms with Crippen molar-refractivity contribution < 1.29 is 0 Å². The van der Waals surface area contributed by atoms with Gasteiger partial charge < -0.3 is 9.47 Å². The third-order valence-corrected chi connectivity index (χ3v) is 3.83. The van der Waals surface area contributed by atoms with Crippen molar-refractivity contribution in [1.29, 1.82) is 5.26 Å². The van der Waals surface area contributed by atoms with Crippen LogP contribution in [0.4, 0.5) is 5.82 Å².